The van der Waals surface area contributed by atoms with Crippen LogP contribution in [0.15, 0.2) is 28.8 Å². The third-order valence-electron chi connectivity index (χ3n) is 2.84. The smallest absolute Gasteiger partial charge is 0.231 e. The summed E-state index contributed by atoms with van der Waals surface area (Å²) in [6, 6.07) is 8.04. The van der Waals surface area contributed by atoms with Crippen molar-refractivity contribution in [2.45, 2.75) is 26.2 Å². The van der Waals surface area contributed by atoms with Crippen LogP contribution in [0, 0.1) is 6.92 Å². The molecular formula is C13H17N3O. The molecule has 0 aliphatic rings. The number of nitrogens with two attached hydrogens (primary N) is 1. The van der Waals surface area contributed by atoms with E-state index >= 15 is 0 Å². The van der Waals surface area contributed by atoms with Gasteiger partial charge >= 0.3 is 0 Å². The highest BCUT2D eigenvalue weighted by atomic mass is 16.5. The van der Waals surface area contributed by atoms with Gasteiger partial charge in [0.1, 0.15) is 0 Å². The lowest BCUT2D eigenvalue weighted by Gasteiger charge is -2.04. The maximum absolute atomic E-state index is 5.66. The fourth-order valence-electron chi connectivity index (χ4n) is 1.74. The highest BCUT2D eigenvalue weighted by Crippen LogP contribution is 2.21. The molecule has 0 spiro atoms. The monoisotopic (exact) mass is 231 g/mol. The molecule has 0 saturated carbocycles. The lowest BCUT2D eigenvalue weighted by Crippen LogP contribution is -2.11. The summed E-state index contributed by atoms with van der Waals surface area (Å²) in [5.41, 5.74) is 7.82. The summed E-state index contributed by atoms with van der Waals surface area (Å²) in [6.07, 6.45) is 0.909. The first-order valence-corrected chi connectivity index (χ1v) is 5.85. The van der Waals surface area contributed by atoms with Gasteiger partial charge in [-0.05, 0) is 19.4 Å². The second kappa shape index (κ2) is 5.10. The van der Waals surface area contributed by atoms with Crippen LogP contribution >= 0.6 is 0 Å². The molecule has 2 rings (SSSR count). The van der Waals surface area contributed by atoms with Crippen LogP contribution < -0.4 is 5.73 Å². The van der Waals surface area contributed by atoms with E-state index in [-0.39, 0.29) is 5.92 Å². The van der Waals surface area contributed by atoms with Gasteiger partial charge < -0.3 is 10.3 Å². The van der Waals surface area contributed by atoms with Gasteiger partial charge in [0.05, 0.1) is 5.92 Å². The van der Waals surface area contributed by atoms with Gasteiger partial charge in [-0.3, -0.25) is 0 Å². The molecule has 4 nitrogen and oxygen atoms in total. The molecule has 1 unspecified atom stereocenters. The van der Waals surface area contributed by atoms with Gasteiger partial charge in [-0.25, -0.2) is 0 Å². The van der Waals surface area contributed by atoms with Crippen LogP contribution in [-0.4, -0.2) is 16.7 Å². The van der Waals surface area contributed by atoms with Crippen LogP contribution in [0.4, 0.5) is 0 Å². The third-order valence-corrected chi connectivity index (χ3v) is 2.84. The molecule has 0 saturated heterocycles. The van der Waals surface area contributed by atoms with Crippen LogP contribution in [0.1, 0.15) is 30.7 Å². The molecule has 0 aliphatic carbocycles. The Bertz CT molecular complexity index is 489. The molecule has 0 fully saturated rings. The lowest BCUT2D eigenvalue weighted by atomic mass is 10.1. The largest absolute Gasteiger partial charge is 0.339 e. The molecular weight excluding hydrogens is 214 g/mol. The van der Waals surface area contributed by atoms with E-state index in [0.717, 1.165) is 12.0 Å². The van der Waals surface area contributed by atoms with Crippen LogP contribution in [-0.2, 0) is 0 Å². The van der Waals surface area contributed by atoms with E-state index in [9.17, 15) is 0 Å². The summed E-state index contributed by atoms with van der Waals surface area (Å²) < 4.78 is 5.26. The number of aryl methyl sites for hydroxylation is 1. The standard InChI is InChI=1S/C13H17N3O/c1-3-10(8-14)13-15-12(16-17-13)11-6-4-5-9(2)7-11/h4-7,10H,3,8,14H2,1-2H3. The summed E-state index contributed by atoms with van der Waals surface area (Å²) in [4.78, 5) is 4.41. The highest BCUT2D eigenvalue weighted by molar-refractivity contribution is 5.55. The molecule has 90 valence electrons. The average molecular weight is 231 g/mol. The number of hydrogen-bond acceptors (Lipinski definition) is 4. The Hall–Kier alpha value is -1.68. The molecule has 0 bridgehead atoms. The van der Waals surface area contributed by atoms with E-state index in [2.05, 4.69) is 17.1 Å². The first-order chi connectivity index (χ1) is 8.24. The van der Waals surface area contributed by atoms with E-state index in [1.807, 2.05) is 31.2 Å². The van der Waals surface area contributed by atoms with E-state index in [1.165, 1.54) is 5.56 Å². The van der Waals surface area contributed by atoms with Crippen LogP contribution in [0.25, 0.3) is 11.4 Å². The van der Waals surface area contributed by atoms with Crippen molar-refractivity contribution < 1.29 is 4.52 Å². The van der Waals surface area contributed by atoms with Crippen molar-refractivity contribution in [1.29, 1.82) is 0 Å². The summed E-state index contributed by atoms with van der Waals surface area (Å²) in [5.74, 6) is 1.42. The Labute approximate surface area is 101 Å². The first-order valence-electron chi connectivity index (χ1n) is 5.85. The zero-order chi connectivity index (χ0) is 12.3. The van der Waals surface area contributed by atoms with Crippen molar-refractivity contribution in [3.63, 3.8) is 0 Å². The van der Waals surface area contributed by atoms with Gasteiger partial charge in [-0.15, -0.1) is 0 Å². The number of aromatic nitrogens is 2. The van der Waals surface area contributed by atoms with Crippen molar-refractivity contribution in [3.8, 4) is 11.4 Å². The second-order valence-electron chi connectivity index (χ2n) is 4.17. The Morgan fingerprint density at radius 3 is 2.88 bits per heavy atom. The second-order valence-corrected chi connectivity index (χ2v) is 4.17. The molecule has 2 N–H and O–H groups in total. The molecule has 0 amide bonds. The van der Waals surface area contributed by atoms with Crippen LogP contribution in [0.2, 0.25) is 0 Å². The van der Waals surface area contributed by atoms with E-state index < -0.39 is 0 Å². The van der Waals surface area contributed by atoms with Gasteiger partial charge in [0.25, 0.3) is 0 Å². The SMILES string of the molecule is CCC(CN)c1nc(-c2cccc(C)c2)no1. The van der Waals surface area contributed by atoms with Crippen molar-refractivity contribution >= 4 is 0 Å². The number of hydrogen-bond donors (Lipinski definition) is 1. The number of nitrogens with zero attached hydrogens (tertiary/aromatic N) is 2. The van der Waals surface area contributed by atoms with Gasteiger partial charge in [0, 0.05) is 12.1 Å². The van der Waals surface area contributed by atoms with Gasteiger partial charge in [-0.1, -0.05) is 35.8 Å². The first kappa shape index (κ1) is 11.8. The van der Waals surface area contributed by atoms with Crippen molar-refractivity contribution in [2.24, 2.45) is 5.73 Å². The Kier molecular flexibility index (Phi) is 3.54. The predicted molar refractivity (Wildman–Crippen MR) is 66.6 cm³/mol. The van der Waals surface area contributed by atoms with Crippen molar-refractivity contribution in [2.75, 3.05) is 6.54 Å². The quantitative estimate of drug-likeness (QED) is 0.878. The molecule has 4 heteroatoms. The summed E-state index contributed by atoms with van der Waals surface area (Å²) >= 11 is 0. The summed E-state index contributed by atoms with van der Waals surface area (Å²) in [6.45, 7) is 4.64. The third kappa shape index (κ3) is 2.53. The molecule has 17 heavy (non-hydrogen) atoms. The minimum atomic E-state index is 0.154. The van der Waals surface area contributed by atoms with Crippen molar-refractivity contribution in [3.05, 3.63) is 35.7 Å². The zero-order valence-electron chi connectivity index (χ0n) is 10.2. The van der Waals surface area contributed by atoms with Crippen LogP contribution in [0.3, 0.4) is 0 Å². The Morgan fingerprint density at radius 2 is 2.24 bits per heavy atom. The molecule has 1 atom stereocenters. The van der Waals surface area contributed by atoms with Gasteiger partial charge in [0.15, 0.2) is 0 Å². The number of rotatable bonds is 4. The maximum Gasteiger partial charge on any atom is 0.231 e. The van der Waals surface area contributed by atoms with Crippen molar-refractivity contribution in [1.82, 2.24) is 10.1 Å². The molecule has 0 radical (unpaired) electrons. The zero-order valence-corrected chi connectivity index (χ0v) is 10.2. The molecule has 1 heterocycles. The Morgan fingerprint density at radius 1 is 1.41 bits per heavy atom. The summed E-state index contributed by atoms with van der Waals surface area (Å²) in [7, 11) is 0. The minimum absolute atomic E-state index is 0.154. The molecule has 1 aromatic heterocycles. The lowest BCUT2D eigenvalue weighted by molar-refractivity contribution is 0.351. The Balaban J connectivity index is 2.29. The van der Waals surface area contributed by atoms with E-state index in [0.29, 0.717) is 18.3 Å². The average Bonchev–Trinajstić information content (AvgIpc) is 2.80. The van der Waals surface area contributed by atoms with Gasteiger partial charge in [0.2, 0.25) is 11.7 Å². The molecule has 0 aliphatic heterocycles. The van der Waals surface area contributed by atoms with Gasteiger partial charge in [-0.2, -0.15) is 4.98 Å². The number of benzene rings is 1. The summed E-state index contributed by atoms with van der Waals surface area (Å²) in [5, 5.41) is 4.00. The minimum Gasteiger partial charge on any atom is -0.339 e. The van der Waals surface area contributed by atoms with E-state index in [1.54, 1.807) is 0 Å². The van der Waals surface area contributed by atoms with E-state index in [4.69, 9.17) is 10.3 Å². The fourth-order valence-corrected chi connectivity index (χ4v) is 1.74. The topological polar surface area (TPSA) is 64.9 Å². The predicted octanol–water partition coefficient (Wildman–Crippen LogP) is 2.50. The van der Waals surface area contributed by atoms with Crippen LogP contribution in [0.5, 0.6) is 0 Å². The molecule has 2 aromatic rings. The maximum atomic E-state index is 5.66. The highest BCUT2D eigenvalue weighted by Gasteiger charge is 2.16. The molecule has 1 aromatic carbocycles. The fraction of sp³-hybridized carbons (Fsp3) is 0.385. The normalized spacial score (nSPS) is 12.6.